The van der Waals surface area contributed by atoms with Gasteiger partial charge in [-0.25, -0.2) is 9.37 Å². The van der Waals surface area contributed by atoms with E-state index in [4.69, 9.17) is 5.73 Å². The van der Waals surface area contributed by atoms with Crippen molar-refractivity contribution >= 4 is 85.4 Å². The second-order valence-electron chi connectivity index (χ2n) is 8.12. The summed E-state index contributed by atoms with van der Waals surface area (Å²) in [5.41, 5.74) is 6.07. The van der Waals surface area contributed by atoms with Gasteiger partial charge in [0.05, 0.1) is 22.7 Å². The Bertz CT molecular complexity index is 1550. The number of carbonyl (C=O) groups excluding carboxylic acids is 4. The van der Waals surface area contributed by atoms with E-state index in [1.165, 1.54) is 28.5 Å². The predicted octanol–water partition coefficient (Wildman–Crippen LogP) is -0.452. The molecule has 0 saturated carbocycles. The van der Waals surface area contributed by atoms with Gasteiger partial charge in [0.1, 0.15) is 17.1 Å². The van der Waals surface area contributed by atoms with E-state index >= 15 is 0 Å². The molecule has 13 nitrogen and oxygen atoms in total. The van der Waals surface area contributed by atoms with Crippen LogP contribution >= 0.6 is 34.4 Å². The summed E-state index contributed by atoms with van der Waals surface area (Å²) in [4.78, 5) is 59.3. The van der Waals surface area contributed by atoms with Crippen LogP contribution in [0.4, 0.5) is 15.2 Å². The van der Waals surface area contributed by atoms with Gasteiger partial charge in [0.25, 0.3) is 23.5 Å². The number of halogens is 1. The molecule has 202 valence electrons. The van der Waals surface area contributed by atoms with Crippen LogP contribution in [0.5, 0.6) is 0 Å². The Morgan fingerprint density at radius 3 is 2.90 bits per heavy atom. The van der Waals surface area contributed by atoms with Gasteiger partial charge < -0.3 is 31.1 Å². The minimum Gasteiger partial charge on any atom is -0.543 e. The Labute approximate surface area is 231 Å². The van der Waals surface area contributed by atoms with Gasteiger partial charge >= 0.3 is 0 Å². The largest absolute Gasteiger partial charge is 0.543 e. The van der Waals surface area contributed by atoms with Crippen LogP contribution in [0.25, 0.3) is 10.2 Å². The molecule has 0 radical (unpaired) electrons. The van der Waals surface area contributed by atoms with Crippen LogP contribution in [-0.2, 0) is 30.6 Å². The molecule has 5 heterocycles. The molecular weight excluding hydrogens is 573 g/mol. The van der Waals surface area contributed by atoms with Gasteiger partial charge in [0.15, 0.2) is 23.6 Å². The second-order valence-corrected chi connectivity index (χ2v) is 11.0. The number of nitrogens with zero attached hydrogens (tertiary/aromatic N) is 4. The highest BCUT2D eigenvalue weighted by atomic mass is 32.2. The van der Waals surface area contributed by atoms with Gasteiger partial charge in [0, 0.05) is 28.2 Å². The summed E-state index contributed by atoms with van der Waals surface area (Å²) in [7, 11) is 0. The van der Waals surface area contributed by atoms with E-state index < -0.39 is 36.1 Å². The summed E-state index contributed by atoms with van der Waals surface area (Å²) in [6.45, 7) is -1.13. The van der Waals surface area contributed by atoms with E-state index in [-0.39, 0.29) is 34.5 Å². The van der Waals surface area contributed by atoms with Gasteiger partial charge in [-0.2, -0.15) is 4.57 Å². The third-order valence-corrected chi connectivity index (χ3v) is 8.93. The quantitative estimate of drug-likeness (QED) is 0.0924. The average molecular weight is 592 g/mol. The maximum absolute atomic E-state index is 13.1. The fourth-order valence-electron chi connectivity index (χ4n) is 4.25. The molecule has 1 fully saturated rings. The van der Waals surface area contributed by atoms with Crippen LogP contribution < -0.4 is 26.0 Å². The number of hydrogen-bond acceptors (Lipinski definition) is 12. The van der Waals surface area contributed by atoms with E-state index in [1.54, 1.807) is 17.6 Å². The molecule has 0 spiro atoms. The molecule has 1 saturated heterocycles. The van der Waals surface area contributed by atoms with Crippen LogP contribution in [0.1, 0.15) is 5.69 Å². The van der Waals surface area contributed by atoms with Gasteiger partial charge in [-0.1, -0.05) is 16.5 Å². The number of aliphatic carboxylic acids is 1. The molecule has 2 aliphatic heterocycles. The first-order valence-electron chi connectivity index (χ1n) is 11.1. The topological polar surface area (TPSA) is 183 Å². The fraction of sp³-hybridized carbons (Fsp3) is 0.227. The molecule has 5 rings (SSSR count). The summed E-state index contributed by atoms with van der Waals surface area (Å²) in [5, 5.41) is 24.2. The van der Waals surface area contributed by atoms with Gasteiger partial charge in [-0.15, -0.1) is 23.1 Å². The SMILES string of the molecule is Nc1nc(/C(=N/OCF)C(=O)NC2C(=O)N3C(C(=O)[O-])=C(C[n+]4cccc5c(NC=O)csc54)CS[C@H]23)cs1. The molecule has 2 atom stereocenters. The number of nitrogen functional groups attached to an aromatic ring is 1. The lowest BCUT2D eigenvalue weighted by molar-refractivity contribution is -0.661. The van der Waals surface area contributed by atoms with Crippen LogP contribution in [0.2, 0.25) is 0 Å². The van der Waals surface area contributed by atoms with Crippen molar-refractivity contribution in [3.05, 3.63) is 46.1 Å². The van der Waals surface area contributed by atoms with E-state index in [0.717, 1.165) is 26.5 Å². The zero-order valence-electron chi connectivity index (χ0n) is 19.7. The Morgan fingerprint density at radius 1 is 1.38 bits per heavy atom. The zero-order chi connectivity index (χ0) is 27.7. The Morgan fingerprint density at radius 2 is 2.21 bits per heavy atom. The van der Waals surface area contributed by atoms with E-state index in [1.807, 2.05) is 10.6 Å². The van der Waals surface area contributed by atoms with Crippen molar-refractivity contribution in [2.45, 2.75) is 18.0 Å². The molecule has 3 aromatic heterocycles. The van der Waals surface area contributed by atoms with Gasteiger partial charge in [-0.3, -0.25) is 19.3 Å². The van der Waals surface area contributed by atoms with Gasteiger partial charge in [-0.05, 0) is 6.07 Å². The van der Waals surface area contributed by atoms with Crippen LogP contribution in [0.3, 0.4) is 0 Å². The molecule has 0 aliphatic carbocycles. The normalized spacial score (nSPS) is 18.9. The summed E-state index contributed by atoms with van der Waals surface area (Å²) >= 11 is 3.67. The maximum Gasteiger partial charge on any atom is 0.276 e. The van der Waals surface area contributed by atoms with Crippen molar-refractivity contribution in [1.82, 2.24) is 15.2 Å². The number of thiophene rings is 1. The minimum absolute atomic E-state index is 0.0345. The number of hydrogen-bond donors (Lipinski definition) is 3. The lowest BCUT2D eigenvalue weighted by Gasteiger charge is -2.50. The predicted molar refractivity (Wildman–Crippen MR) is 139 cm³/mol. The molecule has 1 unspecified atom stereocenters. The molecular formula is C22H18FN7O6S3. The number of anilines is 2. The molecule has 3 amide bonds. The number of nitrogens with two attached hydrogens (primary N) is 1. The van der Waals surface area contributed by atoms with Crippen molar-refractivity contribution in [2.75, 3.05) is 23.7 Å². The smallest absolute Gasteiger partial charge is 0.276 e. The number of nitrogens with one attached hydrogen (secondary N) is 2. The van der Waals surface area contributed by atoms with Crippen molar-refractivity contribution in [2.24, 2.45) is 5.16 Å². The van der Waals surface area contributed by atoms with Crippen molar-refractivity contribution in [3.8, 4) is 0 Å². The first-order chi connectivity index (χ1) is 18.8. The molecule has 39 heavy (non-hydrogen) atoms. The van der Waals surface area contributed by atoms with Crippen molar-refractivity contribution in [3.63, 3.8) is 0 Å². The number of alkyl halides is 1. The number of oxime groups is 1. The number of fused-ring (bicyclic) bond motifs is 2. The lowest BCUT2D eigenvalue weighted by Crippen LogP contribution is -2.71. The Kier molecular flexibility index (Phi) is 7.45. The Hall–Kier alpha value is -4.09. The molecule has 0 aromatic carbocycles. The van der Waals surface area contributed by atoms with E-state index in [9.17, 15) is 28.7 Å². The monoisotopic (exact) mass is 591 g/mol. The van der Waals surface area contributed by atoms with Crippen LogP contribution in [0.15, 0.2) is 45.5 Å². The number of carboxylic acids is 1. The minimum atomic E-state index is -1.52. The number of aromatic nitrogens is 2. The fourth-order valence-corrected chi connectivity index (χ4v) is 7.12. The first-order valence-corrected chi connectivity index (χ1v) is 13.9. The third-order valence-electron chi connectivity index (χ3n) is 5.89. The Balaban J connectivity index is 1.38. The highest BCUT2D eigenvalue weighted by Crippen LogP contribution is 2.40. The summed E-state index contributed by atoms with van der Waals surface area (Å²) < 4.78 is 14.4. The highest BCUT2D eigenvalue weighted by molar-refractivity contribution is 8.00. The summed E-state index contributed by atoms with van der Waals surface area (Å²) in [6.07, 6.45) is 2.35. The molecule has 17 heteroatoms. The first kappa shape index (κ1) is 26.5. The number of β-lactam (4-membered cyclic amide) rings is 1. The highest BCUT2D eigenvalue weighted by Gasteiger charge is 2.53. The number of thioether (sulfide) groups is 1. The molecule has 3 aromatic rings. The number of amides is 3. The summed E-state index contributed by atoms with van der Waals surface area (Å²) in [6, 6.07) is 2.52. The number of carboxylic acid groups (broad SMARTS) is 1. The number of carbonyl (C=O) groups is 4. The number of rotatable bonds is 10. The summed E-state index contributed by atoms with van der Waals surface area (Å²) in [5.74, 6) is -2.80. The number of thiazole rings is 1. The van der Waals surface area contributed by atoms with Crippen molar-refractivity contribution in [1.29, 1.82) is 0 Å². The maximum atomic E-state index is 13.1. The standard InChI is InChI=1S/C22H18FN7O6S3/c23-8-36-28-14(13-7-39-22(24)26-13)17(32)27-15-18(33)30-16(21(34)35)10(5-37-20(15)30)4-29-3-1-2-11-12(25-9-31)6-38-19(11)29/h1-3,6-7,9,15,20H,4-5,8H2,(H4-,24,25,26,27,31,32,34,35)/b28-14-/t15?,20-/m1/s1. The number of pyridine rings is 1. The zero-order valence-corrected chi connectivity index (χ0v) is 22.1. The lowest BCUT2D eigenvalue weighted by atomic mass is 10.0. The second kappa shape index (κ2) is 11.0. The van der Waals surface area contributed by atoms with E-state index in [2.05, 4.69) is 25.6 Å². The average Bonchev–Trinajstić information content (AvgIpc) is 3.54. The molecule has 2 aliphatic rings. The van der Waals surface area contributed by atoms with E-state index in [0.29, 0.717) is 17.7 Å². The van der Waals surface area contributed by atoms with Gasteiger partial charge in [0.2, 0.25) is 6.41 Å². The van der Waals surface area contributed by atoms with Crippen molar-refractivity contribution < 1.29 is 38.1 Å². The third kappa shape index (κ3) is 4.90. The molecule has 0 bridgehead atoms. The molecule has 4 N–H and O–H groups in total. The van der Waals surface area contributed by atoms with Crippen LogP contribution in [0, 0.1) is 0 Å². The van der Waals surface area contributed by atoms with Crippen LogP contribution in [-0.4, -0.2) is 63.8 Å².